The second kappa shape index (κ2) is 5.08. The highest BCUT2D eigenvalue weighted by molar-refractivity contribution is 5.47. The van der Waals surface area contributed by atoms with E-state index in [2.05, 4.69) is 0 Å². The highest BCUT2D eigenvalue weighted by Crippen LogP contribution is 2.39. The smallest absolute Gasteiger partial charge is 0.231 e. The van der Waals surface area contributed by atoms with Crippen molar-refractivity contribution in [3.8, 4) is 23.0 Å². The molecule has 114 valence electrons. The monoisotopic (exact) mass is 301 g/mol. The molecular formula is C16H15NO5. The Morgan fingerprint density at radius 2 is 1.27 bits per heavy atom. The predicted molar refractivity (Wildman–Crippen MR) is 77.0 cm³/mol. The van der Waals surface area contributed by atoms with Crippen LogP contribution in [-0.4, -0.2) is 18.7 Å². The van der Waals surface area contributed by atoms with Gasteiger partial charge in [0.15, 0.2) is 23.0 Å². The molecule has 2 aliphatic rings. The number of fused-ring (bicyclic) bond motifs is 2. The quantitative estimate of drug-likeness (QED) is 0.900. The van der Waals surface area contributed by atoms with E-state index in [4.69, 9.17) is 24.7 Å². The minimum absolute atomic E-state index is 0.198. The maximum Gasteiger partial charge on any atom is 0.231 e. The lowest BCUT2D eigenvalue weighted by Crippen LogP contribution is -2.19. The minimum atomic E-state index is -0.866. The molecule has 22 heavy (non-hydrogen) atoms. The standard InChI is InChI=1S/C16H15NO5/c17-15(9-1-3-11-13(5-9)21-7-19-11)16(18)10-2-4-12-14(6-10)22-8-20-12/h1-6,15-16,18H,7-8,17H2/t15-,16+/m1/s1. The summed E-state index contributed by atoms with van der Waals surface area (Å²) in [5.41, 5.74) is 7.64. The number of nitrogens with two attached hydrogens (primary N) is 1. The van der Waals surface area contributed by atoms with Crippen LogP contribution in [0.3, 0.4) is 0 Å². The molecule has 0 aliphatic carbocycles. The van der Waals surface area contributed by atoms with E-state index < -0.39 is 12.1 Å². The van der Waals surface area contributed by atoms with Crippen LogP contribution in [-0.2, 0) is 0 Å². The van der Waals surface area contributed by atoms with E-state index in [1.54, 1.807) is 30.3 Å². The van der Waals surface area contributed by atoms with E-state index in [0.29, 0.717) is 28.6 Å². The average Bonchev–Trinajstić information content (AvgIpc) is 3.20. The fourth-order valence-electron chi connectivity index (χ4n) is 2.61. The molecule has 0 saturated heterocycles. The van der Waals surface area contributed by atoms with Gasteiger partial charge in [0.05, 0.1) is 12.1 Å². The van der Waals surface area contributed by atoms with Crippen LogP contribution in [0.5, 0.6) is 23.0 Å². The zero-order chi connectivity index (χ0) is 15.1. The summed E-state index contributed by atoms with van der Waals surface area (Å²) in [7, 11) is 0. The van der Waals surface area contributed by atoms with Gasteiger partial charge >= 0.3 is 0 Å². The van der Waals surface area contributed by atoms with Crippen molar-refractivity contribution < 1.29 is 24.1 Å². The molecule has 0 aromatic heterocycles. The van der Waals surface area contributed by atoms with Gasteiger partial charge in [0, 0.05) is 0 Å². The van der Waals surface area contributed by atoms with Crippen molar-refractivity contribution in [1.82, 2.24) is 0 Å². The molecule has 0 radical (unpaired) electrons. The zero-order valence-corrected chi connectivity index (χ0v) is 11.7. The molecule has 0 spiro atoms. The van der Waals surface area contributed by atoms with Gasteiger partial charge in [-0.2, -0.15) is 0 Å². The van der Waals surface area contributed by atoms with Crippen LogP contribution in [0.2, 0.25) is 0 Å². The molecule has 3 N–H and O–H groups in total. The van der Waals surface area contributed by atoms with E-state index >= 15 is 0 Å². The molecule has 2 aliphatic heterocycles. The molecule has 0 fully saturated rings. The normalized spacial score (nSPS) is 17.4. The van der Waals surface area contributed by atoms with Crippen molar-refractivity contribution >= 4 is 0 Å². The number of hydrogen-bond donors (Lipinski definition) is 2. The van der Waals surface area contributed by atoms with Crippen LogP contribution in [0.4, 0.5) is 0 Å². The van der Waals surface area contributed by atoms with Crippen LogP contribution in [0, 0.1) is 0 Å². The number of aliphatic hydroxyl groups excluding tert-OH is 1. The van der Waals surface area contributed by atoms with Crippen LogP contribution < -0.4 is 24.7 Å². The Bertz CT molecular complexity index is 656. The molecular weight excluding hydrogens is 286 g/mol. The summed E-state index contributed by atoms with van der Waals surface area (Å²) < 4.78 is 21.2. The molecule has 2 aromatic carbocycles. The Morgan fingerprint density at radius 1 is 0.773 bits per heavy atom. The first kappa shape index (κ1) is 13.2. The van der Waals surface area contributed by atoms with E-state index in [0.717, 1.165) is 5.56 Å². The van der Waals surface area contributed by atoms with Gasteiger partial charge in [-0.05, 0) is 35.4 Å². The Labute approximate surface area is 127 Å². The van der Waals surface area contributed by atoms with Gasteiger partial charge in [-0.25, -0.2) is 0 Å². The third-order valence-electron chi connectivity index (χ3n) is 3.86. The maximum atomic E-state index is 10.5. The molecule has 2 atom stereocenters. The van der Waals surface area contributed by atoms with Gasteiger partial charge in [0.2, 0.25) is 13.6 Å². The Hall–Kier alpha value is -2.44. The molecule has 6 nitrogen and oxygen atoms in total. The molecule has 0 amide bonds. The van der Waals surface area contributed by atoms with Crippen LogP contribution in [0.15, 0.2) is 36.4 Å². The largest absolute Gasteiger partial charge is 0.454 e. The van der Waals surface area contributed by atoms with Crippen molar-refractivity contribution in [2.75, 3.05) is 13.6 Å². The average molecular weight is 301 g/mol. The van der Waals surface area contributed by atoms with Crippen molar-refractivity contribution in [3.05, 3.63) is 47.5 Å². The van der Waals surface area contributed by atoms with Crippen LogP contribution in [0.1, 0.15) is 23.3 Å². The lowest BCUT2D eigenvalue weighted by molar-refractivity contribution is 0.146. The summed E-state index contributed by atoms with van der Waals surface area (Å²) in [6.07, 6.45) is -0.866. The fourth-order valence-corrected chi connectivity index (χ4v) is 2.61. The van der Waals surface area contributed by atoms with Crippen molar-refractivity contribution in [2.45, 2.75) is 12.1 Å². The number of aliphatic hydroxyl groups is 1. The Kier molecular flexibility index (Phi) is 3.06. The van der Waals surface area contributed by atoms with E-state index in [-0.39, 0.29) is 13.6 Å². The molecule has 0 unspecified atom stereocenters. The number of rotatable bonds is 3. The van der Waals surface area contributed by atoms with Crippen molar-refractivity contribution in [3.63, 3.8) is 0 Å². The summed E-state index contributed by atoms with van der Waals surface area (Å²) in [6.45, 7) is 0.405. The minimum Gasteiger partial charge on any atom is -0.454 e. The predicted octanol–water partition coefficient (Wildman–Crippen LogP) is 1.88. The highest BCUT2D eigenvalue weighted by atomic mass is 16.7. The summed E-state index contributed by atoms with van der Waals surface area (Å²) in [5, 5.41) is 10.5. The molecule has 4 rings (SSSR count). The SMILES string of the molecule is N[C@H](c1ccc2c(c1)OCO2)[C@@H](O)c1ccc2c(c1)OCO2. The number of ether oxygens (including phenoxy) is 4. The maximum absolute atomic E-state index is 10.5. The fraction of sp³-hybridized carbons (Fsp3) is 0.250. The summed E-state index contributed by atoms with van der Waals surface area (Å²) in [5.74, 6) is 2.63. The Morgan fingerprint density at radius 3 is 1.91 bits per heavy atom. The van der Waals surface area contributed by atoms with Gasteiger partial charge < -0.3 is 29.8 Å². The van der Waals surface area contributed by atoms with Crippen molar-refractivity contribution in [2.24, 2.45) is 5.73 Å². The van der Waals surface area contributed by atoms with Gasteiger partial charge in [0.25, 0.3) is 0 Å². The third kappa shape index (κ3) is 2.13. The van der Waals surface area contributed by atoms with Gasteiger partial charge in [-0.15, -0.1) is 0 Å². The van der Waals surface area contributed by atoms with Crippen LogP contribution >= 0.6 is 0 Å². The summed E-state index contributed by atoms with van der Waals surface area (Å²) in [6, 6.07) is 10.1. The van der Waals surface area contributed by atoms with E-state index in [9.17, 15) is 5.11 Å². The first-order valence-corrected chi connectivity index (χ1v) is 6.95. The summed E-state index contributed by atoms with van der Waals surface area (Å²) >= 11 is 0. The lowest BCUT2D eigenvalue weighted by atomic mass is 9.96. The first-order valence-electron chi connectivity index (χ1n) is 6.95. The second-order valence-electron chi connectivity index (χ2n) is 5.20. The molecule has 2 aromatic rings. The van der Waals surface area contributed by atoms with Gasteiger partial charge in [-0.1, -0.05) is 12.1 Å². The zero-order valence-electron chi connectivity index (χ0n) is 11.7. The second-order valence-corrected chi connectivity index (χ2v) is 5.20. The van der Waals surface area contributed by atoms with Crippen molar-refractivity contribution in [1.29, 1.82) is 0 Å². The van der Waals surface area contributed by atoms with Gasteiger partial charge in [-0.3, -0.25) is 0 Å². The molecule has 0 bridgehead atoms. The lowest BCUT2D eigenvalue weighted by Gasteiger charge is -2.20. The third-order valence-corrected chi connectivity index (χ3v) is 3.86. The summed E-state index contributed by atoms with van der Waals surface area (Å²) in [4.78, 5) is 0. The van der Waals surface area contributed by atoms with Crippen LogP contribution in [0.25, 0.3) is 0 Å². The Balaban J connectivity index is 1.60. The van der Waals surface area contributed by atoms with E-state index in [1.807, 2.05) is 6.07 Å². The highest BCUT2D eigenvalue weighted by Gasteiger charge is 2.24. The molecule has 2 heterocycles. The molecule has 6 heteroatoms. The number of benzene rings is 2. The number of hydrogen-bond acceptors (Lipinski definition) is 6. The van der Waals surface area contributed by atoms with Gasteiger partial charge in [0.1, 0.15) is 0 Å². The van der Waals surface area contributed by atoms with E-state index in [1.165, 1.54) is 0 Å². The first-order chi connectivity index (χ1) is 10.7. The molecule has 0 saturated carbocycles. The topological polar surface area (TPSA) is 83.2 Å².